The fourth-order valence-corrected chi connectivity index (χ4v) is 3.73. The van der Waals surface area contributed by atoms with Crippen LogP contribution in [0, 0.1) is 5.92 Å². The van der Waals surface area contributed by atoms with E-state index in [4.69, 9.17) is 0 Å². The van der Waals surface area contributed by atoms with Crippen LogP contribution in [0.2, 0.25) is 0 Å². The topological polar surface area (TPSA) is 80.1 Å². The quantitative estimate of drug-likeness (QED) is 0.683. The highest BCUT2D eigenvalue weighted by Crippen LogP contribution is 2.22. The lowest BCUT2D eigenvalue weighted by molar-refractivity contribution is -0.125. The van der Waals surface area contributed by atoms with Crippen LogP contribution in [0.15, 0.2) is 71.9 Å². The molecule has 1 amide bonds. The van der Waals surface area contributed by atoms with Crippen LogP contribution in [0.5, 0.6) is 0 Å². The van der Waals surface area contributed by atoms with Crippen molar-refractivity contribution >= 4 is 11.6 Å². The van der Waals surface area contributed by atoms with Crippen molar-refractivity contribution in [3.8, 4) is 0 Å². The summed E-state index contributed by atoms with van der Waals surface area (Å²) < 4.78 is 1.46. The van der Waals surface area contributed by atoms with Crippen LogP contribution in [-0.4, -0.2) is 33.8 Å². The molecule has 0 bridgehead atoms. The molecule has 0 saturated carbocycles. The van der Waals surface area contributed by atoms with E-state index in [-0.39, 0.29) is 17.4 Å². The minimum absolute atomic E-state index is 0.0360. The molecule has 4 rings (SSSR count). The second-order valence-electron chi connectivity index (χ2n) is 7.56. The Hall–Kier alpha value is -3.48. The van der Waals surface area contributed by atoms with Gasteiger partial charge >= 0.3 is 0 Å². The summed E-state index contributed by atoms with van der Waals surface area (Å²) in [7, 11) is 0. The summed E-state index contributed by atoms with van der Waals surface area (Å²) >= 11 is 0. The van der Waals surface area contributed by atoms with Crippen LogP contribution in [-0.2, 0) is 17.9 Å². The number of aromatic nitrogens is 3. The van der Waals surface area contributed by atoms with Gasteiger partial charge in [-0.25, -0.2) is 4.68 Å². The maximum atomic E-state index is 12.6. The lowest BCUT2D eigenvalue weighted by Gasteiger charge is -2.33. The summed E-state index contributed by atoms with van der Waals surface area (Å²) in [6.07, 6.45) is 6.93. The number of amides is 1. The van der Waals surface area contributed by atoms with E-state index in [0.717, 1.165) is 36.2 Å². The molecule has 7 heteroatoms. The Labute approximate surface area is 175 Å². The number of nitrogens with zero attached hydrogens (tertiary/aromatic N) is 4. The number of hydrogen-bond acceptors (Lipinski definition) is 5. The highest BCUT2D eigenvalue weighted by Gasteiger charge is 2.26. The number of nitrogens with one attached hydrogen (secondary N) is 1. The first-order chi connectivity index (χ1) is 14.7. The molecule has 154 valence electrons. The molecular formula is C23H25N5O2. The molecule has 1 saturated heterocycles. The molecule has 0 spiro atoms. The lowest BCUT2D eigenvalue weighted by atomic mass is 9.96. The van der Waals surface area contributed by atoms with Crippen LogP contribution in [0.3, 0.4) is 0 Å². The predicted molar refractivity (Wildman–Crippen MR) is 115 cm³/mol. The van der Waals surface area contributed by atoms with E-state index < -0.39 is 0 Å². The third-order valence-corrected chi connectivity index (χ3v) is 5.38. The summed E-state index contributed by atoms with van der Waals surface area (Å²) in [6, 6.07) is 15.2. The molecular weight excluding hydrogens is 378 g/mol. The van der Waals surface area contributed by atoms with Gasteiger partial charge in [0, 0.05) is 38.1 Å². The number of rotatable bonds is 6. The average Bonchev–Trinajstić information content (AvgIpc) is 2.80. The molecule has 1 aliphatic rings. The van der Waals surface area contributed by atoms with Gasteiger partial charge < -0.3 is 10.2 Å². The first kappa shape index (κ1) is 19.8. The van der Waals surface area contributed by atoms with Crippen LogP contribution in [0.1, 0.15) is 24.0 Å². The number of piperidine rings is 1. The standard InChI is InChI=1S/C23H25N5O2/c29-22-12-21(15-26-28(22)16-18-6-2-1-3-7-18)27-11-5-9-20(17-27)23(30)25-14-19-8-4-10-24-13-19/h1-4,6-8,10,12-13,15,20H,5,9,11,14,16-17H2,(H,25,30)/t20-/m0/s1. The highest BCUT2D eigenvalue weighted by molar-refractivity contribution is 5.79. The zero-order chi connectivity index (χ0) is 20.8. The highest BCUT2D eigenvalue weighted by atomic mass is 16.2. The molecule has 30 heavy (non-hydrogen) atoms. The molecule has 0 unspecified atom stereocenters. The van der Waals surface area contributed by atoms with E-state index in [2.05, 4.69) is 20.3 Å². The van der Waals surface area contributed by atoms with Crippen molar-refractivity contribution in [3.63, 3.8) is 0 Å². The Bertz CT molecular complexity index is 1040. The van der Waals surface area contributed by atoms with Gasteiger partial charge in [0.25, 0.3) is 5.56 Å². The van der Waals surface area contributed by atoms with Crippen molar-refractivity contribution in [2.75, 3.05) is 18.0 Å². The van der Waals surface area contributed by atoms with Crippen molar-refractivity contribution in [2.24, 2.45) is 5.92 Å². The van der Waals surface area contributed by atoms with E-state index in [1.54, 1.807) is 24.7 Å². The summed E-state index contributed by atoms with van der Waals surface area (Å²) in [5.74, 6) is -0.0731. The number of pyridine rings is 1. The van der Waals surface area contributed by atoms with Crippen molar-refractivity contribution in [1.82, 2.24) is 20.1 Å². The SMILES string of the molecule is O=C(NCc1cccnc1)[C@H]1CCCN(c2cnn(Cc3ccccc3)c(=O)c2)C1. The van der Waals surface area contributed by atoms with Crippen molar-refractivity contribution < 1.29 is 4.79 Å². The van der Waals surface area contributed by atoms with Crippen molar-refractivity contribution in [1.29, 1.82) is 0 Å². The van der Waals surface area contributed by atoms with Gasteiger partial charge in [0.15, 0.2) is 0 Å². The molecule has 1 N–H and O–H groups in total. The molecule has 1 atom stereocenters. The summed E-state index contributed by atoms with van der Waals surface area (Å²) in [4.78, 5) is 31.3. The number of benzene rings is 1. The third-order valence-electron chi connectivity index (χ3n) is 5.38. The van der Waals surface area contributed by atoms with E-state index in [1.165, 1.54) is 4.68 Å². The Morgan fingerprint density at radius 1 is 1.10 bits per heavy atom. The van der Waals surface area contributed by atoms with Gasteiger partial charge in [-0.15, -0.1) is 0 Å². The maximum absolute atomic E-state index is 12.6. The molecule has 2 aromatic heterocycles. The van der Waals surface area contributed by atoms with Crippen molar-refractivity contribution in [2.45, 2.75) is 25.9 Å². The molecule has 1 aromatic carbocycles. The smallest absolute Gasteiger partial charge is 0.269 e. The molecule has 7 nitrogen and oxygen atoms in total. The number of hydrogen-bond donors (Lipinski definition) is 1. The van der Waals surface area contributed by atoms with Crippen molar-refractivity contribution in [3.05, 3.63) is 88.6 Å². The fraction of sp³-hybridized carbons (Fsp3) is 0.304. The zero-order valence-corrected chi connectivity index (χ0v) is 16.8. The van der Waals surface area contributed by atoms with Gasteiger partial charge in [0.2, 0.25) is 5.91 Å². The zero-order valence-electron chi connectivity index (χ0n) is 16.8. The van der Waals surface area contributed by atoms with E-state index in [0.29, 0.717) is 19.6 Å². The normalized spacial score (nSPS) is 16.3. The van der Waals surface area contributed by atoms with Crippen LogP contribution in [0.25, 0.3) is 0 Å². The van der Waals surface area contributed by atoms with Gasteiger partial charge in [-0.2, -0.15) is 5.10 Å². The van der Waals surface area contributed by atoms with Gasteiger partial charge in [0.05, 0.1) is 24.3 Å². The fourth-order valence-electron chi connectivity index (χ4n) is 3.73. The maximum Gasteiger partial charge on any atom is 0.269 e. The lowest BCUT2D eigenvalue weighted by Crippen LogP contribution is -2.43. The van der Waals surface area contributed by atoms with E-state index in [1.807, 2.05) is 42.5 Å². The summed E-state index contributed by atoms with van der Waals surface area (Å²) in [5.41, 5.74) is 2.64. The summed E-state index contributed by atoms with van der Waals surface area (Å²) in [6.45, 7) is 2.32. The van der Waals surface area contributed by atoms with Crippen LogP contribution >= 0.6 is 0 Å². The minimum atomic E-state index is -0.139. The monoisotopic (exact) mass is 403 g/mol. The van der Waals surface area contributed by atoms with Gasteiger partial charge in [-0.1, -0.05) is 36.4 Å². The molecule has 1 aliphatic heterocycles. The predicted octanol–water partition coefficient (Wildman–Crippen LogP) is 2.22. The second kappa shape index (κ2) is 9.35. The number of carbonyl (C=O) groups is 1. The Kier molecular flexibility index (Phi) is 6.17. The van der Waals surface area contributed by atoms with Gasteiger partial charge in [-0.3, -0.25) is 14.6 Å². The van der Waals surface area contributed by atoms with E-state index >= 15 is 0 Å². The first-order valence-electron chi connectivity index (χ1n) is 10.2. The molecule has 1 fully saturated rings. The molecule has 0 aliphatic carbocycles. The Morgan fingerprint density at radius 2 is 1.93 bits per heavy atom. The Balaban J connectivity index is 1.38. The molecule has 0 radical (unpaired) electrons. The number of anilines is 1. The largest absolute Gasteiger partial charge is 0.369 e. The molecule has 3 heterocycles. The van der Waals surface area contributed by atoms with Crippen LogP contribution < -0.4 is 15.8 Å². The second-order valence-corrected chi connectivity index (χ2v) is 7.56. The minimum Gasteiger partial charge on any atom is -0.369 e. The van der Waals surface area contributed by atoms with Crippen LogP contribution in [0.4, 0.5) is 5.69 Å². The van der Waals surface area contributed by atoms with E-state index in [9.17, 15) is 9.59 Å². The average molecular weight is 403 g/mol. The van der Waals surface area contributed by atoms with Gasteiger partial charge in [0.1, 0.15) is 0 Å². The number of carbonyl (C=O) groups excluding carboxylic acids is 1. The van der Waals surface area contributed by atoms with Gasteiger partial charge in [-0.05, 0) is 30.0 Å². The summed E-state index contributed by atoms with van der Waals surface area (Å²) in [5, 5.41) is 7.35. The Morgan fingerprint density at radius 3 is 2.70 bits per heavy atom. The molecule has 3 aromatic rings. The third kappa shape index (κ3) is 4.92. The first-order valence-corrected chi connectivity index (χ1v) is 10.2.